The van der Waals surface area contributed by atoms with Crippen LogP contribution >= 0.6 is 0 Å². The number of pyridine rings is 1. The lowest BCUT2D eigenvalue weighted by Gasteiger charge is -2.29. The molecule has 2 aliphatic rings. The minimum absolute atomic E-state index is 0.0330. The van der Waals surface area contributed by atoms with E-state index in [4.69, 9.17) is 10.1 Å². The molecule has 7 nitrogen and oxygen atoms in total. The number of amides is 1. The predicted molar refractivity (Wildman–Crippen MR) is 117 cm³/mol. The summed E-state index contributed by atoms with van der Waals surface area (Å²) in [5, 5.41) is 8.06. The van der Waals surface area contributed by atoms with Crippen LogP contribution < -0.4 is 15.4 Å². The number of nitrogens with one attached hydrogen (secondary N) is 1. The lowest BCUT2D eigenvalue weighted by Crippen LogP contribution is -2.32. The Bertz CT molecular complexity index is 1030. The molecule has 0 atom stereocenters. The minimum atomic E-state index is -3.84. The number of hydrogen-bond acceptors (Lipinski definition) is 5. The van der Waals surface area contributed by atoms with E-state index in [2.05, 4.69) is 10.2 Å². The number of nitrogens with two attached hydrogens (primary N) is 1. The highest BCUT2D eigenvalue weighted by molar-refractivity contribution is 7.89. The van der Waals surface area contributed by atoms with E-state index in [1.54, 1.807) is 12.1 Å². The topological polar surface area (TPSA) is 105 Å². The Morgan fingerprint density at radius 2 is 1.80 bits per heavy atom. The fraction of sp³-hybridized carbons (Fsp3) is 0.455. The fourth-order valence-corrected chi connectivity index (χ4v) is 4.99. The summed E-state index contributed by atoms with van der Waals surface area (Å²) in [6.45, 7) is 1.77. The summed E-state index contributed by atoms with van der Waals surface area (Å²) < 4.78 is 23.3. The average molecular weight is 429 g/mol. The van der Waals surface area contributed by atoms with Crippen molar-refractivity contribution in [2.45, 2.75) is 55.8 Å². The van der Waals surface area contributed by atoms with Crippen LogP contribution in [0.1, 0.15) is 66.8 Å². The van der Waals surface area contributed by atoms with Gasteiger partial charge in [-0.2, -0.15) is 0 Å². The Morgan fingerprint density at radius 1 is 1.07 bits per heavy atom. The molecule has 0 bridgehead atoms. The summed E-state index contributed by atoms with van der Waals surface area (Å²) >= 11 is 0. The molecule has 1 aliphatic carbocycles. The number of hydrogen-bond donors (Lipinski definition) is 2. The van der Waals surface area contributed by atoms with Crippen molar-refractivity contribution >= 4 is 27.4 Å². The molecule has 2 fully saturated rings. The lowest BCUT2D eigenvalue weighted by atomic mass is 9.97. The van der Waals surface area contributed by atoms with Crippen molar-refractivity contribution in [3.05, 3.63) is 47.7 Å². The molecule has 8 heteroatoms. The van der Waals surface area contributed by atoms with Gasteiger partial charge >= 0.3 is 0 Å². The largest absolute Gasteiger partial charge is 0.356 e. The van der Waals surface area contributed by atoms with Gasteiger partial charge in [-0.1, -0.05) is 18.9 Å². The van der Waals surface area contributed by atoms with E-state index < -0.39 is 10.0 Å². The number of nitrogens with zero attached hydrogens (tertiary/aromatic N) is 2. The van der Waals surface area contributed by atoms with E-state index in [0.717, 1.165) is 44.3 Å². The first-order chi connectivity index (χ1) is 14.4. The van der Waals surface area contributed by atoms with Crippen LogP contribution in [-0.4, -0.2) is 32.4 Å². The number of primary sulfonamides is 1. The zero-order valence-electron chi connectivity index (χ0n) is 17.0. The van der Waals surface area contributed by atoms with Gasteiger partial charge in [0, 0.05) is 25.0 Å². The quantitative estimate of drug-likeness (QED) is 0.756. The van der Waals surface area contributed by atoms with Gasteiger partial charge in [0.2, 0.25) is 10.0 Å². The van der Waals surface area contributed by atoms with Crippen molar-refractivity contribution in [1.29, 1.82) is 0 Å². The van der Waals surface area contributed by atoms with Gasteiger partial charge in [0.15, 0.2) is 0 Å². The second kappa shape index (κ2) is 8.73. The second-order valence-corrected chi connectivity index (χ2v) is 9.76. The Labute approximate surface area is 177 Å². The highest BCUT2D eigenvalue weighted by Crippen LogP contribution is 2.35. The van der Waals surface area contributed by atoms with Crippen molar-refractivity contribution < 1.29 is 13.2 Å². The number of rotatable bonds is 5. The molecule has 1 saturated heterocycles. The van der Waals surface area contributed by atoms with Crippen molar-refractivity contribution in [2.75, 3.05) is 23.3 Å². The summed E-state index contributed by atoms with van der Waals surface area (Å²) in [5.41, 5.74) is 2.04. The van der Waals surface area contributed by atoms with Crippen LogP contribution in [0.4, 0.5) is 11.5 Å². The van der Waals surface area contributed by atoms with E-state index >= 15 is 0 Å². The van der Waals surface area contributed by atoms with Gasteiger partial charge in [-0.25, -0.2) is 18.5 Å². The first-order valence-electron chi connectivity index (χ1n) is 10.6. The van der Waals surface area contributed by atoms with Gasteiger partial charge in [0.25, 0.3) is 5.91 Å². The van der Waals surface area contributed by atoms with Gasteiger partial charge in [0.05, 0.1) is 10.5 Å². The fourth-order valence-electron chi connectivity index (χ4n) is 4.43. The number of anilines is 2. The number of piperidine rings is 1. The molecule has 0 radical (unpaired) electrons. The van der Waals surface area contributed by atoms with Crippen LogP contribution in [0.5, 0.6) is 0 Å². The van der Waals surface area contributed by atoms with Gasteiger partial charge < -0.3 is 10.2 Å². The van der Waals surface area contributed by atoms with Crippen LogP contribution in [0.2, 0.25) is 0 Å². The Balaban J connectivity index is 1.66. The number of carbonyl (C=O) groups is 1. The standard InChI is InChI=1S/C22H28N4O3S/c23-30(28,29)19-10-6-9-18(14-19)25-22(27)20-13-17(16-7-2-3-8-16)15-24-21(20)26-11-4-1-5-12-26/h6,9-10,13-16H,1-5,7-8,11-12H2,(H,25,27)(H2,23,28,29). The van der Waals surface area contributed by atoms with Gasteiger partial charge in [-0.05, 0) is 67.9 Å². The van der Waals surface area contributed by atoms with Crippen molar-refractivity contribution in [3.8, 4) is 0 Å². The molecular formula is C22H28N4O3S. The normalized spacial score (nSPS) is 17.8. The zero-order chi connectivity index (χ0) is 21.1. The second-order valence-electron chi connectivity index (χ2n) is 8.20. The summed E-state index contributed by atoms with van der Waals surface area (Å²) in [5.74, 6) is 0.871. The number of sulfonamides is 1. The molecule has 4 rings (SSSR count). The third-order valence-electron chi connectivity index (χ3n) is 6.04. The molecule has 1 aliphatic heterocycles. The van der Waals surface area contributed by atoms with Gasteiger partial charge in [-0.3, -0.25) is 4.79 Å². The predicted octanol–water partition coefficient (Wildman–Crippen LogP) is 3.63. The number of carbonyl (C=O) groups excluding carboxylic acids is 1. The highest BCUT2D eigenvalue weighted by atomic mass is 32.2. The van der Waals surface area contributed by atoms with Crippen LogP contribution in [0.15, 0.2) is 41.4 Å². The smallest absolute Gasteiger partial charge is 0.259 e. The van der Waals surface area contributed by atoms with Crippen molar-refractivity contribution in [2.24, 2.45) is 5.14 Å². The zero-order valence-corrected chi connectivity index (χ0v) is 17.8. The van der Waals surface area contributed by atoms with Crippen LogP contribution in [0.25, 0.3) is 0 Å². The molecule has 0 spiro atoms. The first-order valence-corrected chi connectivity index (χ1v) is 12.2. The van der Waals surface area contributed by atoms with E-state index in [0.29, 0.717) is 23.0 Å². The molecule has 160 valence electrons. The molecule has 1 amide bonds. The Hall–Kier alpha value is -2.45. The molecule has 1 saturated carbocycles. The lowest BCUT2D eigenvalue weighted by molar-refractivity contribution is 0.102. The maximum absolute atomic E-state index is 13.2. The third kappa shape index (κ3) is 4.65. The molecule has 2 heterocycles. The Morgan fingerprint density at radius 3 is 2.50 bits per heavy atom. The summed E-state index contributed by atoms with van der Waals surface area (Å²) in [4.78, 5) is 20.1. The molecule has 1 aromatic heterocycles. The molecule has 3 N–H and O–H groups in total. The molecule has 2 aromatic rings. The van der Waals surface area contributed by atoms with Crippen molar-refractivity contribution in [1.82, 2.24) is 4.98 Å². The molecule has 30 heavy (non-hydrogen) atoms. The summed E-state index contributed by atoms with van der Waals surface area (Å²) in [7, 11) is -3.84. The molecule has 1 aromatic carbocycles. The summed E-state index contributed by atoms with van der Waals surface area (Å²) in [6.07, 6.45) is 9.97. The maximum Gasteiger partial charge on any atom is 0.259 e. The van der Waals surface area contributed by atoms with Crippen LogP contribution in [0.3, 0.4) is 0 Å². The molecular weight excluding hydrogens is 400 g/mol. The summed E-state index contributed by atoms with van der Waals surface area (Å²) in [6, 6.07) is 7.98. The van der Waals surface area contributed by atoms with Gasteiger partial charge in [0.1, 0.15) is 5.82 Å². The van der Waals surface area contributed by atoms with Crippen LogP contribution in [0, 0.1) is 0 Å². The minimum Gasteiger partial charge on any atom is -0.356 e. The average Bonchev–Trinajstić information content (AvgIpc) is 3.28. The van der Waals surface area contributed by atoms with Crippen molar-refractivity contribution in [3.63, 3.8) is 0 Å². The van der Waals surface area contributed by atoms with E-state index in [-0.39, 0.29) is 10.8 Å². The van der Waals surface area contributed by atoms with Gasteiger partial charge in [-0.15, -0.1) is 0 Å². The monoisotopic (exact) mass is 428 g/mol. The van der Waals surface area contributed by atoms with Crippen LogP contribution in [-0.2, 0) is 10.0 Å². The van der Waals surface area contributed by atoms with E-state index in [9.17, 15) is 13.2 Å². The number of benzene rings is 1. The highest BCUT2D eigenvalue weighted by Gasteiger charge is 2.24. The SMILES string of the molecule is NS(=O)(=O)c1cccc(NC(=O)c2cc(C3CCCC3)cnc2N2CCCCC2)c1. The maximum atomic E-state index is 13.2. The Kier molecular flexibility index (Phi) is 6.06. The van der Waals surface area contributed by atoms with E-state index in [1.165, 1.54) is 31.4 Å². The third-order valence-corrected chi connectivity index (χ3v) is 6.95. The number of aromatic nitrogens is 1. The first kappa shape index (κ1) is 20.8. The van der Waals surface area contributed by atoms with E-state index in [1.807, 2.05) is 12.3 Å². The molecule has 0 unspecified atom stereocenters.